The lowest BCUT2D eigenvalue weighted by atomic mass is 10.4. The van der Waals surface area contributed by atoms with E-state index in [2.05, 4.69) is 67.7 Å². The van der Waals surface area contributed by atoms with Gasteiger partial charge in [-0.25, -0.2) is 4.98 Å². The maximum absolute atomic E-state index is 6.00. The Kier molecular flexibility index (Phi) is 5.56. The third kappa shape index (κ3) is 4.19. The second-order valence-electron chi connectivity index (χ2n) is 5.92. The monoisotopic (exact) mass is 486 g/mol. The van der Waals surface area contributed by atoms with Gasteiger partial charge in [0.1, 0.15) is 17.4 Å². The topological polar surface area (TPSA) is 27.1 Å². The minimum Gasteiger partial charge on any atom is -0.361 e. The Hall–Kier alpha value is 0.367. The van der Waals surface area contributed by atoms with Crippen molar-refractivity contribution in [2.45, 2.75) is 32.4 Å². The zero-order valence-corrected chi connectivity index (χ0v) is 17.2. The standard InChI is InChI=1S/C13H17BrClIN2OSi/c1-20(2,3)5-4-19-8-18-7-10(16)12-13(18)9(14)6-11(15)17-12/h6-7H,4-5,8H2,1-3H3. The third-order valence-electron chi connectivity index (χ3n) is 2.92. The SMILES string of the molecule is C[Si](C)(C)CCOCn1cc(I)c2nc(Cl)cc(Br)c21. The van der Waals surface area contributed by atoms with Gasteiger partial charge in [-0.2, -0.15) is 0 Å². The number of hydrogen-bond donors (Lipinski definition) is 0. The van der Waals surface area contributed by atoms with E-state index in [1.165, 1.54) is 6.04 Å². The van der Waals surface area contributed by atoms with Crippen molar-refractivity contribution in [1.29, 1.82) is 0 Å². The molecule has 0 aromatic carbocycles. The number of halogens is 3. The molecular formula is C13H17BrClIN2OSi. The molecule has 0 fully saturated rings. The second-order valence-corrected chi connectivity index (χ2v) is 13.9. The van der Waals surface area contributed by atoms with E-state index in [1.807, 2.05) is 12.3 Å². The lowest BCUT2D eigenvalue weighted by molar-refractivity contribution is 0.0901. The minimum atomic E-state index is -1.04. The molecule has 0 unspecified atom stereocenters. The van der Waals surface area contributed by atoms with Crippen LogP contribution in [0.3, 0.4) is 0 Å². The van der Waals surface area contributed by atoms with Crippen molar-refractivity contribution in [2.24, 2.45) is 0 Å². The lowest BCUT2D eigenvalue weighted by Gasteiger charge is -2.15. The summed E-state index contributed by atoms with van der Waals surface area (Å²) in [5.74, 6) is 0. The summed E-state index contributed by atoms with van der Waals surface area (Å²) in [4.78, 5) is 4.38. The van der Waals surface area contributed by atoms with Gasteiger partial charge in [-0.1, -0.05) is 31.2 Å². The number of nitrogens with zero attached hydrogens (tertiary/aromatic N) is 2. The number of ether oxygens (including phenoxy) is 1. The van der Waals surface area contributed by atoms with E-state index in [-0.39, 0.29) is 0 Å². The Morgan fingerprint density at radius 2 is 2.15 bits per heavy atom. The number of fused-ring (bicyclic) bond motifs is 1. The maximum atomic E-state index is 6.00. The van der Waals surface area contributed by atoms with Crippen LogP contribution in [0.25, 0.3) is 11.0 Å². The summed E-state index contributed by atoms with van der Waals surface area (Å²) in [5.41, 5.74) is 1.95. The fraction of sp³-hybridized carbons (Fsp3) is 0.462. The van der Waals surface area contributed by atoms with Gasteiger partial charge in [0.2, 0.25) is 0 Å². The van der Waals surface area contributed by atoms with Gasteiger partial charge < -0.3 is 9.30 Å². The fourth-order valence-electron chi connectivity index (χ4n) is 1.82. The van der Waals surface area contributed by atoms with Gasteiger partial charge in [0.15, 0.2) is 0 Å². The average Bonchev–Trinajstić information content (AvgIpc) is 2.61. The Balaban J connectivity index is 2.15. The summed E-state index contributed by atoms with van der Waals surface area (Å²) >= 11 is 11.8. The van der Waals surface area contributed by atoms with Crippen LogP contribution < -0.4 is 0 Å². The molecule has 0 aliphatic heterocycles. The van der Waals surface area contributed by atoms with Crippen LogP contribution in [0, 0.1) is 3.57 Å². The van der Waals surface area contributed by atoms with Gasteiger partial charge in [-0.15, -0.1) is 0 Å². The molecule has 0 N–H and O–H groups in total. The zero-order valence-electron chi connectivity index (χ0n) is 11.7. The summed E-state index contributed by atoms with van der Waals surface area (Å²) in [7, 11) is -1.04. The van der Waals surface area contributed by atoms with Crippen molar-refractivity contribution in [3.8, 4) is 0 Å². The van der Waals surface area contributed by atoms with Crippen molar-refractivity contribution in [1.82, 2.24) is 9.55 Å². The van der Waals surface area contributed by atoms with E-state index < -0.39 is 8.07 Å². The van der Waals surface area contributed by atoms with E-state index in [4.69, 9.17) is 16.3 Å². The van der Waals surface area contributed by atoms with Gasteiger partial charge in [0, 0.05) is 25.4 Å². The first-order valence-corrected chi connectivity index (χ1v) is 12.3. The second kappa shape index (κ2) is 6.64. The van der Waals surface area contributed by atoms with E-state index >= 15 is 0 Å². The smallest absolute Gasteiger partial charge is 0.131 e. The lowest BCUT2D eigenvalue weighted by Crippen LogP contribution is -2.22. The predicted molar refractivity (Wildman–Crippen MR) is 99.3 cm³/mol. The third-order valence-corrected chi connectivity index (χ3v) is 6.22. The highest BCUT2D eigenvalue weighted by molar-refractivity contribution is 14.1. The van der Waals surface area contributed by atoms with Crippen LogP contribution in [0.2, 0.25) is 30.8 Å². The maximum Gasteiger partial charge on any atom is 0.131 e. The molecule has 3 nitrogen and oxygen atoms in total. The van der Waals surface area contributed by atoms with Crippen LogP contribution in [0.15, 0.2) is 16.7 Å². The van der Waals surface area contributed by atoms with Crippen LogP contribution >= 0.6 is 50.1 Å². The molecule has 110 valence electrons. The summed E-state index contributed by atoms with van der Waals surface area (Å²) in [6.07, 6.45) is 2.05. The Bertz CT molecular complexity index is 627. The Morgan fingerprint density at radius 3 is 2.80 bits per heavy atom. The molecule has 20 heavy (non-hydrogen) atoms. The van der Waals surface area contributed by atoms with E-state index in [0.717, 1.165) is 25.7 Å². The van der Waals surface area contributed by atoms with Crippen molar-refractivity contribution in [3.05, 3.63) is 25.5 Å². The molecule has 2 heterocycles. The first-order valence-electron chi connectivity index (χ1n) is 6.36. The van der Waals surface area contributed by atoms with Gasteiger partial charge in [0.05, 0.1) is 9.09 Å². The van der Waals surface area contributed by atoms with E-state index in [9.17, 15) is 0 Å². The molecule has 0 spiro atoms. The van der Waals surface area contributed by atoms with Crippen LogP contribution in [0.4, 0.5) is 0 Å². The molecule has 0 radical (unpaired) electrons. The summed E-state index contributed by atoms with van der Waals surface area (Å²) in [6.45, 7) is 8.42. The predicted octanol–water partition coefficient (Wildman–Crippen LogP) is 5.37. The van der Waals surface area contributed by atoms with Crippen LogP contribution in [-0.2, 0) is 11.5 Å². The molecule has 0 bridgehead atoms. The minimum absolute atomic E-state index is 0.500. The average molecular weight is 488 g/mol. The van der Waals surface area contributed by atoms with Crippen LogP contribution in [-0.4, -0.2) is 24.2 Å². The van der Waals surface area contributed by atoms with E-state index in [1.54, 1.807) is 0 Å². The normalized spacial score (nSPS) is 12.3. The molecule has 2 rings (SSSR count). The van der Waals surface area contributed by atoms with Crippen molar-refractivity contribution in [2.75, 3.05) is 6.61 Å². The van der Waals surface area contributed by atoms with E-state index in [0.29, 0.717) is 11.9 Å². The number of rotatable bonds is 5. The largest absolute Gasteiger partial charge is 0.361 e. The van der Waals surface area contributed by atoms with Crippen LogP contribution in [0.1, 0.15) is 0 Å². The molecule has 0 amide bonds. The molecule has 0 aliphatic carbocycles. The molecule has 0 aliphatic rings. The first kappa shape index (κ1) is 16.7. The molecule has 2 aromatic heterocycles. The molecule has 0 saturated carbocycles. The van der Waals surface area contributed by atoms with Gasteiger partial charge in [-0.05, 0) is 50.6 Å². The first-order chi connectivity index (χ1) is 9.28. The number of hydrogen-bond acceptors (Lipinski definition) is 2. The van der Waals surface area contributed by atoms with Crippen molar-refractivity contribution >= 4 is 69.2 Å². The fourth-order valence-corrected chi connectivity index (χ4v) is 4.25. The van der Waals surface area contributed by atoms with Crippen molar-refractivity contribution < 1.29 is 4.74 Å². The highest BCUT2D eigenvalue weighted by atomic mass is 127. The molecule has 0 saturated heterocycles. The molecule has 7 heteroatoms. The Morgan fingerprint density at radius 1 is 1.45 bits per heavy atom. The highest BCUT2D eigenvalue weighted by Crippen LogP contribution is 2.30. The molecular weight excluding hydrogens is 471 g/mol. The molecule has 2 aromatic rings. The zero-order chi connectivity index (χ0) is 14.9. The van der Waals surface area contributed by atoms with Gasteiger partial charge in [0.25, 0.3) is 0 Å². The molecule has 0 atom stereocenters. The number of aromatic nitrogens is 2. The summed E-state index contributed by atoms with van der Waals surface area (Å²) in [5, 5.41) is 0.500. The van der Waals surface area contributed by atoms with Crippen LogP contribution in [0.5, 0.6) is 0 Å². The van der Waals surface area contributed by atoms with Crippen molar-refractivity contribution in [3.63, 3.8) is 0 Å². The Labute approximate surface area is 147 Å². The summed E-state index contributed by atoms with van der Waals surface area (Å²) in [6, 6.07) is 2.99. The number of pyridine rings is 1. The summed E-state index contributed by atoms with van der Waals surface area (Å²) < 4.78 is 9.92. The quantitative estimate of drug-likeness (QED) is 0.245. The highest BCUT2D eigenvalue weighted by Gasteiger charge is 2.14. The van der Waals surface area contributed by atoms with Gasteiger partial charge >= 0.3 is 0 Å². The van der Waals surface area contributed by atoms with Gasteiger partial charge in [-0.3, -0.25) is 0 Å².